The Kier molecular flexibility index (Phi) is 6.82. The van der Waals surface area contributed by atoms with E-state index in [0.29, 0.717) is 29.5 Å². The van der Waals surface area contributed by atoms with Gasteiger partial charge in [0.1, 0.15) is 4.90 Å². The topological polar surface area (TPSA) is 99.7 Å². The summed E-state index contributed by atoms with van der Waals surface area (Å²) in [6.07, 6.45) is 4.39. The molecule has 0 radical (unpaired) electrons. The van der Waals surface area contributed by atoms with E-state index in [-0.39, 0.29) is 34.9 Å². The molecule has 0 spiro atoms. The Hall–Kier alpha value is -2.43. The second-order valence-corrected chi connectivity index (χ2v) is 10.9. The second-order valence-electron chi connectivity index (χ2n) is 7.97. The summed E-state index contributed by atoms with van der Waals surface area (Å²) in [5.41, 5.74) is 1.29. The fourth-order valence-electron chi connectivity index (χ4n) is 4.03. The summed E-state index contributed by atoms with van der Waals surface area (Å²) < 4.78 is 27.0. The van der Waals surface area contributed by atoms with E-state index in [9.17, 15) is 18.0 Å². The molecule has 2 aliphatic rings. The third-order valence-electron chi connectivity index (χ3n) is 5.63. The van der Waals surface area contributed by atoms with Crippen LogP contribution in [0.1, 0.15) is 32.6 Å². The van der Waals surface area contributed by atoms with E-state index in [4.69, 9.17) is 0 Å². The molecule has 1 fully saturated rings. The summed E-state index contributed by atoms with van der Waals surface area (Å²) in [5, 5.41) is 3.42. The Labute approximate surface area is 192 Å². The van der Waals surface area contributed by atoms with Crippen molar-refractivity contribution in [1.29, 1.82) is 0 Å². The van der Waals surface area contributed by atoms with Crippen molar-refractivity contribution in [3.8, 4) is 0 Å². The van der Waals surface area contributed by atoms with Crippen LogP contribution < -0.4 is 10.2 Å². The summed E-state index contributed by atoms with van der Waals surface area (Å²) in [5.74, 6) is -0.142. The third-order valence-corrected chi connectivity index (χ3v) is 8.44. The van der Waals surface area contributed by atoms with Gasteiger partial charge in [-0.25, -0.2) is 13.4 Å². The van der Waals surface area contributed by atoms with Crippen molar-refractivity contribution < 1.29 is 18.0 Å². The molecule has 2 aliphatic heterocycles. The fraction of sp³-hybridized carbons (Fsp3) is 0.409. The van der Waals surface area contributed by atoms with Gasteiger partial charge in [0.2, 0.25) is 21.8 Å². The van der Waals surface area contributed by atoms with Crippen LogP contribution >= 0.6 is 11.8 Å². The second kappa shape index (κ2) is 9.60. The van der Waals surface area contributed by atoms with Crippen molar-refractivity contribution in [2.75, 3.05) is 29.1 Å². The van der Waals surface area contributed by atoms with Crippen LogP contribution in [0.25, 0.3) is 0 Å². The SMILES string of the molecule is CC1CC(=O)Nc2ccccc2N1C(=O)CSc1ccc(S(=O)(=O)N2CCCCC2)cn1. The number of benzene rings is 1. The van der Waals surface area contributed by atoms with E-state index >= 15 is 0 Å². The molecule has 0 bridgehead atoms. The third kappa shape index (κ3) is 4.82. The van der Waals surface area contributed by atoms with Crippen LogP contribution in [0.2, 0.25) is 0 Å². The summed E-state index contributed by atoms with van der Waals surface area (Å²) in [7, 11) is -3.53. The fourth-order valence-corrected chi connectivity index (χ4v) is 6.20. The van der Waals surface area contributed by atoms with Gasteiger partial charge in [0.05, 0.1) is 22.2 Å². The lowest BCUT2D eigenvalue weighted by atomic mass is 10.2. The summed E-state index contributed by atoms with van der Waals surface area (Å²) in [6.45, 7) is 2.93. The number of anilines is 2. The standard InChI is InChI=1S/C22H26N4O4S2/c1-16-13-20(27)24-18-7-3-4-8-19(18)26(16)22(28)15-31-21-10-9-17(14-23-21)32(29,30)25-11-5-2-6-12-25/h3-4,7-10,14,16H,2,5-6,11-13,15H2,1H3,(H,24,27). The molecule has 0 aliphatic carbocycles. The Morgan fingerprint density at radius 3 is 2.62 bits per heavy atom. The van der Waals surface area contributed by atoms with Gasteiger partial charge in [0.25, 0.3) is 0 Å². The molecule has 32 heavy (non-hydrogen) atoms. The molecule has 1 unspecified atom stereocenters. The van der Waals surface area contributed by atoms with Crippen LogP contribution in [-0.4, -0.2) is 54.4 Å². The van der Waals surface area contributed by atoms with Gasteiger partial charge < -0.3 is 10.2 Å². The van der Waals surface area contributed by atoms with E-state index in [2.05, 4.69) is 10.3 Å². The normalized spacial score (nSPS) is 19.7. The minimum absolute atomic E-state index is 0.123. The first-order chi connectivity index (χ1) is 15.4. The predicted octanol–water partition coefficient (Wildman–Crippen LogP) is 3.11. The van der Waals surface area contributed by atoms with Crippen molar-refractivity contribution in [2.24, 2.45) is 0 Å². The molecule has 1 aromatic heterocycles. The molecular formula is C22H26N4O4S2. The molecule has 10 heteroatoms. The van der Waals surface area contributed by atoms with E-state index in [0.717, 1.165) is 19.3 Å². The molecule has 4 rings (SSSR count). The number of carbonyl (C=O) groups excluding carboxylic acids is 2. The molecule has 2 amide bonds. The van der Waals surface area contributed by atoms with Crippen molar-refractivity contribution in [3.05, 3.63) is 42.6 Å². The maximum Gasteiger partial charge on any atom is 0.244 e. The highest BCUT2D eigenvalue weighted by Gasteiger charge is 2.30. The number of nitrogens with zero attached hydrogens (tertiary/aromatic N) is 3. The van der Waals surface area contributed by atoms with Gasteiger partial charge in [-0.15, -0.1) is 0 Å². The quantitative estimate of drug-likeness (QED) is 0.669. The zero-order valence-corrected chi connectivity index (χ0v) is 19.5. The van der Waals surface area contributed by atoms with Gasteiger partial charge >= 0.3 is 0 Å². The smallest absolute Gasteiger partial charge is 0.244 e. The van der Waals surface area contributed by atoms with Crippen molar-refractivity contribution in [3.63, 3.8) is 0 Å². The average Bonchev–Trinajstić information content (AvgIpc) is 2.92. The molecule has 1 aromatic carbocycles. The number of hydrogen-bond acceptors (Lipinski definition) is 6. The van der Waals surface area contributed by atoms with E-state index in [1.807, 2.05) is 25.1 Å². The first-order valence-corrected chi connectivity index (χ1v) is 13.1. The zero-order chi connectivity index (χ0) is 22.7. The van der Waals surface area contributed by atoms with Gasteiger partial charge in [-0.3, -0.25) is 9.59 Å². The van der Waals surface area contributed by atoms with E-state index in [1.165, 1.54) is 22.3 Å². The largest absolute Gasteiger partial charge is 0.324 e. The number of nitrogens with one attached hydrogen (secondary N) is 1. The summed E-state index contributed by atoms with van der Waals surface area (Å²) in [6, 6.07) is 10.2. The average molecular weight is 475 g/mol. The van der Waals surface area contributed by atoms with Crippen LogP contribution in [0.3, 0.4) is 0 Å². The molecular weight excluding hydrogens is 448 g/mol. The van der Waals surface area contributed by atoms with Crippen molar-refractivity contribution in [1.82, 2.24) is 9.29 Å². The number of para-hydroxylation sites is 2. The first-order valence-electron chi connectivity index (χ1n) is 10.7. The maximum atomic E-state index is 13.1. The number of carbonyl (C=O) groups is 2. The Bertz CT molecular complexity index is 1100. The molecule has 170 valence electrons. The number of piperidine rings is 1. The molecule has 1 saturated heterocycles. The molecule has 1 atom stereocenters. The van der Waals surface area contributed by atoms with Crippen LogP contribution in [0.4, 0.5) is 11.4 Å². The minimum atomic E-state index is -3.53. The summed E-state index contributed by atoms with van der Waals surface area (Å²) in [4.78, 5) is 31.3. The number of fused-ring (bicyclic) bond motifs is 1. The first kappa shape index (κ1) is 22.8. The van der Waals surface area contributed by atoms with E-state index < -0.39 is 10.0 Å². The van der Waals surface area contributed by atoms with Gasteiger partial charge in [-0.05, 0) is 44.0 Å². The molecule has 1 N–H and O–H groups in total. The lowest BCUT2D eigenvalue weighted by molar-refractivity contribution is -0.117. The number of aromatic nitrogens is 1. The van der Waals surface area contributed by atoms with Crippen LogP contribution in [-0.2, 0) is 19.6 Å². The minimum Gasteiger partial charge on any atom is -0.324 e. The number of thioether (sulfide) groups is 1. The highest BCUT2D eigenvalue weighted by atomic mass is 32.2. The highest BCUT2D eigenvalue weighted by Crippen LogP contribution is 2.32. The van der Waals surface area contributed by atoms with Gasteiger partial charge in [-0.2, -0.15) is 4.31 Å². The lowest BCUT2D eigenvalue weighted by Gasteiger charge is -2.27. The number of pyridine rings is 1. The van der Waals surface area contributed by atoms with Crippen molar-refractivity contribution >= 4 is 45.0 Å². The Balaban J connectivity index is 1.44. The van der Waals surface area contributed by atoms with Crippen LogP contribution in [0.15, 0.2) is 52.5 Å². The molecule has 3 heterocycles. The zero-order valence-electron chi connectivity index (χ0n) is 17.9. The van der Waals surface area contributed by atoms with Crippen molar-refractivity contribution in [2.45, 2.75) is 48.6 Å². The Morgan fingerprint density at radius 2 is 1.91 bits per heavy atom. The number of sulfonamides is 1. The predicted molar refractivity (Wildman–Crippen MR) is 124 cm³/mol. The summed E-state index contributed by atoms with van der Waals surface area (Å²) >= 11 is 1.25. The molecule has 8 nitrogen and oxygen atoms in total. The van der Waals surface area contributed by atoms with Crippen LogP contribution in [0.5, 0.6) is 0 Å². The van der Waals surface area contributed by atoms with E-state index in [1.54, 1.807) is 23.1 Å². The van der Waals surface area contributed by atoms with Crippen LogP contribution in [0, 0.1) is 0 Å². The number of amides is 2. The Morgan fingerprint density at radius 1 is 1.16 bits per heavy atom. The number of hydrogen-bond donors (Lipinski definition) is 1. The van der Waals surface area contributed by atoms with Gasteiger partial charge in [0.15, 0.2) is 0 Å². The monoisotopic (exact) mass is 474 g/mol. The van der Waals surface area contributed by atoms with Gasteiger partial charge in [-0.1, -0.05) is 30.3 Å². The molecule has 0 saturated carbocycles. The molecule has 2 aromatic rings. The highest BCUT2D eigenvalue weighted by molar-refractivity contribution is 7.99. The van der Waals surface area contributed by atoms with Gasteiger partial charge in [0, 0.05) is 31.7 Å². The number of rotatable bonds is 5. The maximum absolute atomic E-state index is 13.1. The lowest BCUT2D eigenvalue weighted by Crippen LogP contribution is -2.40.